The lowest BCUT2D eigenvalue weighted by Crippen LogP contribution is -1.75. The Balaban J connectivity index is 0.000000354. The van der Waals surface area contributed by atoms with Crippen LogP contribution in [0.25, 0.3) is 0 Å². The van der Waals surface area contributed by atoms with Crippen molar-refractivity contribution in [2.24, 2.45) is 0 Å². The summed E-state index contributed by atoms with van der Waals surface area (Å²) in [5.74, 6) is 0. The fourth-order valence-electron chi connectivity index (χ4n) is 0.550. The zero-order chi connectivity index (χ0) is 9.40. The topological polar surface area (TPSA) is 75.1 Å². The molecule has 0 radical (unpaired) electrons. The molecule has 5 heteroatoms. The maximum absolute atomic E-state index is 10.2. The Kier molecular flexibility index (Phi) is 5.51. The van der Waals surface area contributed by atoms with Crippen LogP contribution in [-0.4, -0.2) is 14.5 Å². The van der Waals surface area contributed by atoms with Gasteiger partial charge in [-0.1, -0.05) is 18.2 Å². The average molecular weight is 185 g/mol. The van der Waals surface area contributed by atoms with E-state index in [1.54, 1.807) is 30.3 Å². The molecule has 1 aromatic carbocycles. The minimum Gasteiger partial charge on any atom is -0.227 e. The van der Waals surface area contributed by atoms with E-state index in [0.717, 1.165) is 6.08 Å². The highest BCUT2D eigenvalue weighted by Gasteiger charge is 1.87. The van der Waals surface area contributed by atoms with E-state index in [9.17, 15) is 8.42 Å². The first kappa shape index (κ1) is 10.6. The maximum atomic E-state index is 10.2. The van der Waals surface area contributed by atoms with Crippen molar-refractivity contribution in [1.82, 2.24) is 0 Å². The molecule has 0 aromatic heterocycles. The fourth-order valence-corrected chi connectivity index (χ4v) is 0.965. The lowest BCUT2D eigenvalue weighted by Gasteiger charge is -1.83. The van der Waals surface area contributed by atoms with Gasteiger partial charge in [0.1, 0.15) is 0 Å². The predicted molar refractivity (Wildman–Crippen MR) is 43.4 cm³/mol. The molecule has 1 N–H and O–H groups in total. The van der Waals surface area contributed by atoms with Crippen LogP contribution in [0.2, 0.25) is 0 Å². The summed E-state index contributed by atoms with van der Waals surface area (Å²) in [5.41, 5.74) is 0. The molecule has 0 atom stereocenters. The minimum absolute atomic E-state index is 0.368. The quantitative estimate of drug-likeness (QED) is 0.381. The molecular formula is C7H7NO3S. The van der Waals surface area contributed by atoms with Crippen molar-refractivity contribution in [3.8, 4) is 0 Å². The van der Waals surface area contributed by atoms with Gasteiger partial charge in [0.15, 0.2) is 10.7 Å². The van der Waals surface area contributed by atoms with E-state index in [2.05, 4.69) is 0 Å². The summed E-state index contributed by atoms with van der Waals surface area (Å²) in [6.45, 7) is 0. The first-order valence-corrected chi connectivity index (χ1v) is 4.13. The third-order valence-electron chi connectivity index (χ3n) is 0.967. The molecule has 0 aliphatic heterocycles. The van der Waals surface area contributed by atoms with Crippen molar-refractivity contribution in [3.05, 3.63) is 30.3 Å². The van der Waals surface area contributed by atoms with Crippen LogP contribution >= 0.6 is 0 Å². The van der Waals surface area contributed by atoms with Gasteiger partial charge in [0.25, 0.3) is 0 Å². The summed E-state index contributed by atoms with van der Waals surface area (Å²) in [6.07, 6.45) is 0.750. The van der Waals surface area contributed by atoms with Crippen molar-refractivity contribution in [2.45, 2.75) is 4.90 Å². The highest BCUT2D eigenvalue weighted by molar-refractivity contribution is 7.72. The van der Waals surface area contributed by atoms with Crippen LogP contribution in [0.15, 0.2) is 35.2 Å². The highest BCUT2D eigenvalue weighted by atomic mass is 32.2. The SMILES string of the molecule is N=C=O.O=[SH](=O)c1ccccc1. The zero-order valence-electron chi connectivity index (χ0n) is 6.06. The van der Waals surface area contributed by atoms with Gasteiger partial charge in [-0.15, -0.1) is 0 Å². The minimum atomic E-state index is -2.40. The molecule has 0 bridgehead atoms. The summed E-state index contributed by atoms with van der Waals surface area (Å²) in [5, 5.41) is 5.40. The summed E-state index contributed by atoms with van der Waals surface area (Å²) in [6, 6.07) is 8.29. The van der Waals surface area contributed by atoms with Crippen LogP contribution < -0.4 is 0 Å². The number of hydrogen-bond acceptors (Lipinski definition) is 4. The number of rotatable bonds is 1. The molecular weight excluding hydrogens is 178 g/mol. The van der Waals surface area contributed by atoms with Crippen LogP contribution in [0.5, 0.6) is 0 Å². The smallest absolute Gasteiger partial charge is 0.227 e. The summed E-state index contributed by atoms with van der Waals surface area (Å²) < 4.78 is 20.5. The molecule has 12 heavy (non-hydrogen) atoms. The lowest BCUT2D eigenvalue weighted by atomic mass is 10.4. The first-order valence-electron chi connectivity index (χ1n) is 2.95. The Morgan fingerprint density at radius 3 is 1.83 bits per heavy atom. The van der Waals surface area contributed by atoms with Crippen molar-refractivity contribution in [2.75, 3.05) is 0 Å². The second kappa shape index (κ2) is 6.27. The molecule has 0 amide bonds. The lowest BCUT2D eigenvalue weighted by molar-refractivity contribution is 0.562. The van der Waals surface area contributed by atoms with Gasteiger partial charge in [0.05, 0.1) is 4.90 Å². The molecule has 0 saturated carbocycles. The number of nitrogens with one attached hydrogen (secondary N) is 1. The Hall–Kier alpha value is -1.45. The van der Waals surface area contributed by atoms with Crippen LogP contribution in [0.3, 0.4) is 0 Å². The van der Waals surface area contributed by atoms with Gasteiger partial charge < -0.3 is 0 Å². The Morgan fingerprint density at radius 1 is 1.17 bits per heavy atom. The van der Waals surface area contributed by atoms with Crippen LogP contribution in [0, 0.1) is 5.41 Å². The average Bonchev–Trinajstić information content (AvgIpc) is 2.07. The van der Waals surface area contributed by atoms with E-state index in [1.807, 2.05) is 0 Å². The molecule has 0 aliphatic carbocycles. The Morgan fingerprint density at radius 2 is 1.58 bits per heavy atom. The number of isocyanates is 1. The van der Waals surface area contributed by atoms with Crippen molar-refractivity contribution in [3.63, 3.8) is 0 Å². The fraction of sp³-hybridized carbons (Fsp3) is 0. The van der Waals surface area contributed by atoms with Gasteiger partial charge in [-0.05, 0) is 12.1 Å². The standard InChI is InChI=1S/C6H6O2S.CHNO/c7-9(8)6-4-2-1-3-5-6;2-1-3/h1-5,9H;2H. The van der Waals surface area contributed by atoms with E-state index in [1.165, 1.54) is 0 Å². The molecule has 0 heterocycles. The summed E-state index contributed by atoms with van der Waals surface area (Å²) in [7, 11) is -2.40. The zero-order valence-corrected chi connectivity index (χ0v) is 6.95. The van der Waals surface area contributed by atoms with Crippen LogP contribution in [0.1, 0.15) is 0 Å². The molecule has 0 fully saturated rings. The monoisotopic (exact) mass is 185 g/mol. The molecule has 1 aromatic rings. The van der Waals surface area contributed by atoms with Crippen LogP contribution in [-0.2, 0) is 15.5 Å². The Bertz CT molecular complexity index is 318. The van der Waals surface area contributed by atoms with Crippen molar-refractivity contribution < 1.29 is 13.2 Å². The molecule has 1 rings (SSSR count). The van der Waals surface area contributed by atoms with E-state index in [4.69, 9.17) is 10.2 Å². The molecule has 4 nitrogen and oxygen atoms in total. The summed E-state index contributed by atoms with van der Waals surface area (Å²) >= 11 is 0. The second-order valence-electron chi connectivity index (χ2n) is 1.69. The first-order chi connectivity index (χ1) is 5.72. The van der Waals surface area contributed by atoms with Gasteiger partial charge >= 0.3 is 0 Å². The molecule has 0 unspecified atom stereocenters. The largest absolute Gasteiger partial charge is 0.231 e. The summed E-state index contributed by atoms with van der Waals surface area (Å²) in [4.78, 5) is 8.72. The molecule has 0 spiro atoms. The van der Waals surface area contributed by atoms with Gasteiger partial charge in [0.2, 0.25) is 6.08 Å². The molecule has 64 valence electrons. The van der Waals surface area contributed by atoms with E-state index >= 15 is 0 Å². The third-order valence-corrected chi connectivity index (χ3v) is 1.69. The van der Waals surface area contributed by atoms with Crippen LogP contribution in [0.4, 0.5) is 0 Å². The number of carbonyl (C=O) groups excluding carboxylic acids is 1. The van der Waals surface area contributed by atoms with Gasteiger partial charge in [-0.25, -0.2) is 18.6 Å². The molecule has 0 aliphatic rings. The van der Waals surface area contributed by atoms with Gasteiger partial charge in [-0.3, -0.25) is 0 Å². The Labute approximate surface area is 71.3 Å². The van der Waals surface area contributed by atoms with Crippen molar-refractivity contribution >= 4 is 16.8 Å². The van der Waals surface area contributed by atoms with E-state index in [0.29, 0.717) is 4.90 Å². The van der Waals surface area contributed by atoms with E-state index in [-0.39, 0.29) is 0 Å². The third kappa shape index (κ3) is 4.38. The van der Waals surface area contributed by atoms with Crippen molar-refractivity contribution in [1.29, 1.82) is 5.41 Å². The normalized spacial score (nSPS) is 8.08. The van der Waals surface area contributed by atoms with Gasteiger partial charge in [0, 0.05) is 0 Å². The highest BCUT2D eigenvalue weighted by Crippen LogP contribution is 1.97. The number of hydrogen-bond donors (Lipinski definition) is 2. The predicted octanol–water partition coefficient (Wildman–Crippen LogP) is 0.558. The number of thiol groups is 1. The van der Waals surface area contributed by atoms with Gasteiger partial charge in [-0.2, -0.15) is 0 Å². The van der Waals surface area contributed by atoms with E-state index < -0.39 is 10.7 Å². The molecule has 0 saturated heterocycles. The second-order valence-corrected chi connectivity index (χ2v) is 2.73. The number of benzene rings is 1. The maximum Gasteiger partial charge on any atom is 0.231 e.